The Hall–Kier alpha value is 0.210. The molecule has 0 unspecified atom stereocenters. The van der Waals surface area contributed by atoms with Gasteiger partial charge in [-0.15, -0.1) is 11.6 Å². The smallest absolute Gasteiger partial charge is 0.0469 e. The molecule has 0 radical (unpaired) electrons. The van der Waals surface area contributed by atoms with Gasteiger partial charge in [0.05, 0.1) is 0 Å². The maximum Gasteiger partial charge on any atom is 0.0469 e. The Morgan fingerprint density at radius 3 is 2.33 bits per heavy atom. The molecule has 88 valence electrons. The number of rotatable bonds is 4. The topological polar surface area (TPSA) is 12.5 Å². The van der Waals surface area contributed by atoms with E-state index in [1.165, 1.54) is 38.8 Å². The fourth-order valence-electron chi connectivity index (χ4n) is 2.69. The molecule has 2 nitrogen and oxygen atoms in total. The highest BCUT2D eigenvalue weighted by Crippen LogP contribution is 2.32. The minimum atomic E-state index is 0.464. The van der Waals surface area contributed by atoms with Gasteiger partial charge in [0.1, 0.15) is 0 Å². The molecule has 0 aromatic carbocycles. The van der Waals surface area contributed by atoms with Gasteiger partial charge in [-0.1, -0.05) is 0 Å². The predicted octanol–water partition coefficient (Wildman–Crippen LogP) is 2.36. The summed E-state index contributed by atoms with van der Waals surface area (Å²) in [6, 6.07) is 0. The zero-order valence-electron chi connectivity index (χ0n) is 9.62. The van der Waals surface area contributed by atoms with Gasteiger partial charge >= 0.3 is 0 Å². The first-order chi connectivity index (χ1) is 7.24. The molecule has 2 fully saturated rings. The van der Waals surface area contributed by atoms with Crippen LogP contribution in [0, 0.1) is 11.8 Å². The molecule has 0 atom stereocenters. The van der Waals surface area contributed by atoms with Crippen LogP contribution in [0.4, 0.5) is 0 Å². The van der Waals surface area contributed by atoms with E-state index in [4.69, 9.17) is 16.3 Å². The summed E-state index contributed by atoms with van der Waals surface area (Å²) in [5.41, 5.74) is 0. The van der Waals surface area contributed by atoms with Crippen LogP contribution in [-0.4, -0.2) is 43.6 Å². The molecule has 0 amide bonds. The summed E-state index contributed by atoms with van der Waals surface area (Å²) in [6.07, 6.45) is 4.93. The Morgan fingerprint density at radius 1 is 1.13 bits per heavy atom. The van der Waals surface area contributed by atoms with Gasteiger partial charge in [0.2, 0.25) is 0 Å². The summed E-state index contributed by atoms with van der Waals surface area (Å²) in [6.45, 7) is 4.41. The van der Waals surface area contributed by atoms with Crippen LogP contribution in [0.25, 0.3) is 0 Å². The molecule has 0 N–H and O–H groups in total. The fourth-order valence-corrected chi connectivity index (χ4v) is 3.19. The summed E-state index contributed by atoms with van der Waals surface area (Å²) in [4.78, 5) is 2.49. The Morgan fingerprint density at radius 2 is 1.73 bits per heavy atom. The number of halogens is 1. The SMILES string of the molecule is CN(CC1CCOCC1)CC1CC(Cl)C1. The normalized spacial score (nSPS) is 33.0. The summed E-state index contributed by atoms with van der Waals surface area (Å²) in [5, 5.41) is 0.464. The van der Waals surface area contributed by atoms with Crippen molar-refractivity contribution in [3.8, 4) is 0 Å². The molecule has 1 aliphatic carbocycles. The fraction of sp³-hybridized carbons (Fsp3) is 1.00. The van der Waals surface area contributed by atoms with Crippen LogP contribution in [0.5, 0.6) is 0 Å². The van der Waals surface area contributed by atoms with Gasteiger partial charge < -0.3 is 9.64 Å². The number of ether oxygens (including phenoxy) is 1. The van der Waals surface area contributed by atoms with E-state index in [-0.39, 0.29) is 0 Å². The molecule has 0 aromatic rings. The largest absolute Gasteiger partial charge is 0.381 e. The highest BCUT2D eigenvalue weighted by molar-refractivity contribution is 6.21. The van der Waals surface area contributed by atoms with Crippen molar-refractivity contribution in [1.82, 2.24) is 4.90 Å². The van der Waals surface area contributed by atoms with Crippen LogP contribution in [0.15, 0.2) is 0 Å². The molecule has 1 saturated heterocycles. The molecule has 1 saturated carbocycles. The maximum atomic E-state index is 5.98. The monoisotopic (exact) mass is 231 g/mol. The van der Waals surface area contributed by atoms with E-state index in [1.807, 2.05) is 0 Å². The second-order valence-electron chi connectivity index (χ2n) is 5.21. The van der Waals surface area contributed by atoms with Gasteiger partial charge in [-0.25, -0.2) is 0 Å². The number of hydrogen-bond donors (Lipinski definition) is 0. The standard InChI is InChI=1S/C12H22ClNO/c1-14(9-11-6-12(13)7-11)8-10-2-4-15-5-3-10/h10-12H,2-9H2,1H3. The number of hydrogen-bond acceptors (Lipinski definition) is 2. The number of alkyl halides is 1. The van der Waals surface area contributed by atoms with Crippen LogP contribution in [0.2, 0.25) is 0 Å². The van der Waals surface area contributed by atoms with Crippen molar-refractivity contribution < 1.29 is 4.74 Å². The van der Waals surface area contributed by atoms with E-state index in [2.05, 4.69) is 11.9 Å². The lowest BCUT2D eigenvalue weighted by atomic mass is 9.84. The van der Waals surface area contributed by atoms with E-state index in [0.717, 1.165) is 25.0 Å². The first-order valence-electron chi connectivity index (χ1n) is 6.14. The van der Waals surface area contributed by atoms with Crippen LogP contribution in [-0.2, 0) is 4.74 Å². The van der Waals surface area contributed by atoms with Crippen molar-refractivity contribution in [1.29, 1.82) is 0 Å². The third-order valence-corrected chi connectivity index (χ3v) is 4.02. The van der Waals surface area contributed by atoms with Gasteiger partial charge in [0, 0.05) is 31.7 Å². The lowest BCUT2D eigenvalue weighted by Crippen LogP contribution is -2.38. The summed E-state index contributed by atoms with van der Waals surface area (Å²) in [5.74, 6) is 1.72. The van der Waals surface area contributed by atoms with Crippen LogP contribution in [0.3, 0.4) is 0 Å². The summed E-state index contributed by atoms with van der Waals surface area (Å²) < 4.78 is 5.37. The van der Waals surface area contributed by atoms with Crippen LogP contribution >= 0.6 is 11.6 Å². The van der Waals surface area contributed by atoms with E-state index < -0.39 is 0 Å². The summed E-state index contributed by atoms with van der Waals surface area (Å²) in [7, 11) is 2.25. The molecule has 15 heavy (non-hydrogen) atoms. The van der Waals surface area contributed by atoms with Crippen molar-refractivity contribution in [3.63, 3.8) is 0 Å². The Bertz CT molecular complexity index is 188. The van der Waals surface area contributed by atoms with Crippen molar-refractivity contribution in [2.75, 3.05) is 33.4 Å². The molecular formula is C12H22ClNO. The number of nitrogens with zero attached hydrogens (tertiary/aromatic N) is 1. The molecule has 2 rings (SSSR count). The second kappa shape index (κ2) is 5.51. The average Bonchev–Trinajstić information content (AvgIpc) is 2.17. The highest BCUT2D eigenvalue weighted by Gasteiger charge is 2.28. The van der Waals surface area contributed by atoms with E-state index in [9.17, 15) is 0 Å². The Balaban J connectivity index is 1.61. The van der Waals surface area contributed by atoms with Crippen LogP contribution < -0.4 is 0 Å². The molecule has 2 aliphatic rings. The van der Waals surface area contributed by atoms with E-state index >= 15 is 0 Å². The average molecular weight is 232 g/mol. The first kappa shape index (κ1) is 11.7. The van der Waals surface area contributed by atoms with Gasteiger partial charge in [-0.2, -0.15) is 0 Å². The Kier molecular flexibility index (Phi) is 4.30. The molecule has 1 heterocycles. The van der Waals surface area contributed by atoms with Crippen molar-refractivity contribution in [2.24, 2.45) is 11.8 Å². The summed E-state index contributed by atoms with van der Waals surface area (Å²) >= 11 is 5.98. The first-order valence-corrected chi connectivity index (χ1v) is 6.58. The molecule has 0 bridgehead atoms. The molecule has 1 aliphatic heterocycles. The van der Waals surface area contributed by atoms with Gasteiger partial charge in [-0.05, 0) is 44.6 Å². The quantitative estimate of drug-likeness (QED) is 0.689. The zero-order chi connectivity index (χ0) is 10.7. The maximum absolute atomic E-state index is 5.98. The van der Waals surface area contributed by atoms with Crippen molar-refractivity contribution in [2.45, 2.75) is 31.1 Å². The third-order valence-electron chi connectivity index (χ3n) is 3.66. The molecule has 3 heteroatoms. The lowest BCUT2D eigenvalue weighted by molar-refractivity contribution is 0.0522. The Labute approximate surface area is 97.9 Å². The lowest BCUT2D eigenvalue weighted by Gasteiger charge is -2.35. The molecule has 0 spiro atoms. The van der Waals surface area contributed by atoms with Crippen molar-refractivity contribution >= 4 is 11.6 Å². The van der Waals surface area contributed by atoms with Crippen molar-refractivity contribution in [3.05, 3.63) is 0 Å². The van der Waals surface area contributed by atoms with Crippen LogP contribution in [0.1, 0.15) is 25.7 Å². The third kappa shape index (κ3) is 3.61. The predicted molar refractivity (Wildman–Crippen MR) is 63.4 cm³/mol. The zero-order valence-corrected chi connectivity index (χ0v) is 10.4. The minimum absolute atomic E-state index is 0.464. The van der Waals surface area contributed by atoms with Gasteiger partial charge in [-0.3, -0.25) is 0 Å². The molecule has 0 aromatic heterocycles. The van der Waals surface area contributed by atoms with E-state index in [1.54, 1.807) is 0 Å². The van der Waals surface area contributed by atoms with E-state index in [0.29, 0.717) is 5.38 Å². The highest BCUT2D eigenvalue weighted by atomic mass is 35.5. The van der Waals surface area contributed by atoms with Gasteiger partial charge in [0.25, 0.3) is 0 Å². The van der Waals surface area contributed by atoms with Gasteiger partial charge in [0.15, 0.2) is 0 Å². The molecular weight excluding hydrogens is 210 g/mol. The minimum Gasteiger partial charge on any atom is -0.381 e. The second-order valence-corrected chi connectivity index (χ2v) is 5.83.